The molecule has 2 heterocycles. The number of hydrogen-bond donors (Lipinski definition) is 1. The highest BCUT2D eigenvalue weighted by Gasteiger charge is 2.18. The first-order valence-corrected chi connectivity index (χ1v) is 10.6. The molecule has 7 nitrogen and oxygen atoms in total. The van der Waals surface area contributed by atoms with E-state index in [0.717, 1.165) is 11.1 Å². The van der Waals surface area contributed by atoms with Crippen molar-refractivity contribution in [3.05, 3.63) is 93.8 Å². The summed E-state index contributed by atoms with van der Waals surface area (Å²) in [5.41, 5.74) is 2.38. The zero-order chi connectivity index (χ0) is 23.2. The summed E-state index contributed by atoms with van der Waals surface area (Å²) in [6.07, 6.45) is 1.63. The van der Waals surface area contributed by atoms with Crippen molar-refractivity contribution in [3.8, 4) is 17.2 Å². The quantitative estimate of drug-likeness (QED) is 0.411. The third-order valence-electron chi connectivity index (χ3n) is 5.24. The van der Waals surface area contributed by atoms with Crippen molar-refractivity contribution in [2.45, 2.75) is 13.5 Å². The standard InChI is InChI=1S/C26H24N2O5/c1-17-22(29)20-11-6-12-21(24(20)33-23(17)18-8-4-3-5-9-18)25(30)28-16-19-10-7-13-27-26(19)32-15-14-31-2/h3-13H,14-16H2,1-2H3,(H,28,30). The number of para-hydroxylation sites is 1. The van der Waals surface area contributed by atoms with Gasteiger partial charge in [-0.2, -0.15) is 0 Å². The first-order chi connectivity index (χ1) is 16.1. The molecule has 0 aliphatic carbocycles. The molecule has 0 spiro atoms. The Labute approximate surface area is 191 Å². The highest BCUT2D eigenvalue weighted by atomic mass is 16.5. The van der Waals surface area contributed by atoms with Crippen molar-refractivity contribution in [2.24, 2.45) is 0 Å². The van der Waals surface area contributed by atoms with Crippen LogP contribution in [-0.2, 0) is 11.3 Å². The Balaban J connectivity index is 1.65. The van der Waals surface area contributed by atoms with Gasteiger partial charge in [-0.1, -0.05) is 42.5 Å². The molecular formula is C26H24N2O5. The largest absolute Gasteiger partial charge is 0.475 e. The first kappa shape index (κ1) is 22.2. The summed E-state index contributed by atoms with van der Waals surface area (Å²) < 4.78 is 16.8. The van der Waals surface area contributed by atoms with E-state index in [4.69, 9.17) is 13.9 Å². The molecule has 0 radical (unpaired) electrons. The van der Waals surface area contributed by atoms with Crippen LogP contribution in [0.3, 0.4) is 0 Å². The first-order valence-electron chi connectivity index (χ1n) is 10.6. The van der Waals surface area contributed by atoms with E-state index in [1.807, 2.05) is 36.4 Å². The van der Waals surface area contributed by atoms with Gasteiger partial charge in [0.2, 0.25) is 5.88 Å². The number of methoxy groups -OCH3 is 1. The van der Waals surface area contributed by atoms with Gasteiger partial charge >= 0.3 is 0 Å². The number of amides is 1. The smallest absolute Gasteiger partial charge is 0.255 e. The summed E-state index contributed by atoms with van der Waals surface area (Å²) in [4.78, 5) is 30.3. The van der Waals surface area contributed by atoms with Crippen LogP contribution in [0.25, 0.3) is 22.3 Å². The number of rotatable bonds is 8. The monoisotopic (exact) mass is 444 g/mol. The maximum atomic E-state index is 13.1. The summed E-state index contributed by atoms with van der Waals surface area (Å²) in [7, 11) is 1.59. The fraction of sp³-hybridized carbons (Fsp3) is 0.192. The molecule has 0 saturated carbocycles. The Morgan fingerprint density at radius 2 is 1.85 bits per heavy atom. The number of carbonyl (C=O) groups is 1. The van der Waals surface area contributed by atoms with E-state index in [2.05, 4.69) is 10.3 Å². The van der Waals surface area contributed by atoms with Gasteiger partial charge in [0.1, 0.15) is 12.4 Å². The second-order valence-electron chi connectivity index (χ2n) is 7.43. The molecule has 1 N–H and O–H groups in total. The molecule has 0 fully saturated rings. The van der Waals surface area contributed by atoms with Crippen molar-refractivity contribution < 1.29 is 18.7 Å². The van der Waals surface area contributed by atoms with E-state index in [1.165, 1.54) is 0 Å². The minimum Gasteiger partial charge on any atom is -0.475 e. The van der Waals surface area contributed by atoms with Crippen LogP contribution in [0.5, 0.6) is 5.88 Å². The third-order valence-corrected chi connectivity index (χ3v) is 5.24. The van der Waals surface area contributed by atoms with E-state index in [9.17, 15) is 9.59 Å². The van der Waals surface area contributed by atoms with Crippen molar-refractivity contribution in [1.82, 2.24) is 10.3 Å². The van der Waals surface area contributed by atoms with Crippen LogP contribution in [-0.4, -0.2) is 31.2 Å². The summed E-state index contributed by atoms with van der Waals surface area (Å²) in [5.74, 6) is 0.522. The van der Waals surface area contributed by atoms with Crippen molar-refractivity contribution >= 4 is 16.9 Å². The molecule has 0 unspecified atom stereocenters. The molecule has 1 amide bonds. The molecule has 2 aromatic carbocycles. The Morgan fingerprint density at radius 1 is 1.03 bits per heavy atom. The van der Waals surface area contributed by atoms with Crippen molar-refractivity contribution in [2.75, 3.05) is 20.3 Å². The molecular weight excluding hydrogens is 420 g/mol. The number of hydrogen-bond acceptors (Lipinski definition) is 6. The predicted molar refractivity (Wildman–Crippen MR) is 125 cm³/mol. The minimum absolute atomic E-state index is 0.161. The normalized spacial score (nSPS) is 10.8. The number of fused-ring (bicyclic) bond motifs is 1. The van der Waals surface area contributed by atoms with Gasteiger partial charge in [0.05, 0.1) is 17.6 Å². The Bertz CT molecular complexity index is 1330. The minimum atomic E-state index is -0.363. The van der Waals surface area contributed by atoms with Crippen molar-refractivity contribution in [3.63, 3.8) is 0 Å². The van der Waals surface area contributed by atoms with Gasteiger partial charge in [-0.15, -0.1) is 0 Å². The Kier molecular flexibility index (Phi) is 6.80. The summed E-state index contributed by atoms with van der Waals surface area (Å²) in [6.45, 7) is 2.71. The lowest BCUT2D eigenvalue weighted by atomic mass is 10.0. The SMILES string of the molecule is COCCOc1ncccc1CNC(=O)c1cccc2c(=O)c(C)c(-c3ccccc3)oc12. The van der Waals surface area contributed by atoms with E-state index in [-0.39, 0.29) is 29.0 Å². The number of carbonyl (C=O) groups excluding carboxylic acids is 1. The second-order valence-corrected chi connectivity index (χ2v) is 7.43. The lowest BCUT2D eigenvalue weighted by molar-refractivity contribution is 0.0950. The lowest BCUT2D eigenvalue weighted by Crippen LogP contribution is -2.24. The Hall–Kier alpha value is -3.97. The molecule has 0 aliphatic heterocycles. The molecule has 7 heteroatoms. The zero-order valence-corrected chi connectivity index (χ0v) is 18.5. The van der Waals surface area contributed by atoms with Gasteiger partial charge in [0.25, 0.3) is 5.91 Å². The second kappa shape index (κ2) is 10.1. The van der Waals surface area contributed by atoms with Gasteiger partial charge in [-0.25, -0.2) is 4.98 Å². The molecule has 0 saturated heterocycles. The van der Waals surface area contributed by atoms with Crippen LogP contribution in [0, 0.1) is 6.92 Å². The fourth-order valence-corrected chi connectivity index (χ4v) is 3.53. The Morgan fingerprint density at radius 3 is 2.64 bits per heavy atom. The van der Waals surface area contributed by atoms with Crippen LogP contribution < -0.4 is 15.5 Å². The molecule has 2 aromatic heterocycles. The molecule has 33 heavy (non-hydrogen) atoms. The van der Waals surface area contributed by atoms with E-state index < -0.39 is 0 Å². The number of nitrogens with one attached hydrogen (secondary N) is 1. The van der Waals surface area contributed by atoms with Crippen LogP contribution >= 0.6 is 0 Å². The fourth-order valence-electron chi connectivity index (χ4n) is 3.53. The maximum absolute atomic E-state index is 13.1. The zero-order valence-electron chi connectivity index (χ0n) is 18.5. The van der Waals surface area contributed by atoms with Crippen LogP contribution in [0.2, 0.25) is 0 Å². The number of ether oxygens (including phenoxy) is 2. The van der Waals surface area contributed by atoms with Crippen molar-refractivity contribution in [1.29, 1.82) is 0 Å². The van der Waals surface area contributed by atoms with Gasteiger partial charge in [0, 0.05) is 36.5 Å². The highest BCUT2D eigenvalue weighted by Crippen LogP contribution is 2.27. The maximum Gasteiger partial charge on any atom is 0.255 e. The number of aromatic nitrogens is 1. The predicted octanol–water partition coefficient (Wildman–Crippen LogP) is 4.12. The molecule has 168 valence electrons. The summed E-state index contributed by atoms with van der Waals surface area (Å²) in [5, 5.41) is 3.24. The molecule has 4 rings (SSSR count). The number of pyridine rings is 1. The van der Waals surface area contributed by atoms with E-state index in [0.29, 0.717) is 35.8 Å². The average molecular weight is 444 g/mol. The van der Waals surface area contributed by atoms with E-state index >= 15 is 0 Å². The van der Waals surface area contributed by atoms with Gasteiger partial charge < -0.3 is 19.2 Å². The van der Waals surface area contributed by atoms with E-state index in [1.54, 1.807) is 44.5 Å². The molecule has 0 atom stereocenters. The number of nitrogens with zero attached hydrogens (tertiary/aromatic N) is 1. The number of benzene rings is 2. The van der Waals surface area contributed by atoms with Gasteiger partial charge in [-0.3, -0.25) is 9.59 Å². The van der Waals surface area contributed by atoms with Gasteiger partial charge in [0.15, 0.2) is 11.0 Å². The van der Waals surface area contributed by atoms with Crippen LogP contribution in [0.4, 0.5) is 0 Å². The third kappa shape index (κ3) is 4.78. The van der Waals surface area contributed by atoms with Crippen LogP contribution in [0.1, 0.15) is 21.5 Å². The van der Waals surface area contributed by atoms with Crippen LogP contribution in [0.15, 0.2) is 76.1 Å². The molecule has 4 aromatic rings. The average Bonchev–Trinajstić information content (AvgIpc) is 2.85. The topological polar surface area (TPSA) is 90.7 Å². The van der Waals surface area contributed by atoms with Gasteiger partial charge in [-0.05, 0) is 25.1 Å². The lowest BCUT2D eigenvalue weighted by Gasteiger charge is -2.12. The summed E-state index contributed by atoms with van der Waals surface area (Å²) >= 11 is 0. The highest BCUT2D eigenvalue weighted by molar-refractivity contribution is 6.05. The summed E-state index contributed by atoms with van der Waals surface area (Å²) in [6, 6.07) is 18.0. The molecule has 0 bridgehead atoms. The molecule has 0 aliphatic rings.